The quantitative estimate of drug-likeness (QED) is 0.806. The summed E-state index contributed by atoms with van der Waals surface area (Å²) in [5.41, 5.74) is 0.997. The zero-order valence-electron chi connectivity index (χ0n) is 15.2. The van der Waals surface area contributed by atoms with E-state index in [4.69, 9.17) is 31.5 Å². The first-order valence-corrected chi connectivity index (χ1v) is 9.41. The molecule has 0 unspecified atom stereocenters. The standard InChI is InChI=1S/C18H24N4O3S/c1-20-16(14-4-3-5-15(12-14)23-2)19-22(17(20)26)13-21-8-6-18(7-9-21)24-10-11-25-18/h3-5,12H,6-11,13H2,1-2H3/p+1. The number of aromatic nitrogens is 3. The second-order valence-corrected chi connectivity index (χ2v) is 7.28. The number of likely N-dealkylation sites (tertiary alicyclic amines) is 1. The van der Waals surface area contributed by atoms with Crippen molar-refractivity contribution in [3.63, 3.8) is 0 Å². The Kier molecular flexibility index (Phi) is 4.83. The van der Waals surface area contributed by atoms with Crippen LogP contribution in [0.1, 0.15) is 12.8 Å². The number of methoxy groups -OCH3 is 1. The summed E-state index contributed by atoms with van der Waals surface area (Å²) in [6, 6.07) is 7.90. The van der Waals surface area contributed by atoms with Crippen molar-refractivity contribution < 1.29 is 19.1 Å². The van der Waals surface area contributed by atoms with Crippen LogP contribution in [0.5, 0.6) is 5.75 Å². The van der Waals surface area contributed by atoms with Gasteiger partial charge in [-0.15, -0.1) is 5.10 Å². The second kappa shape index (κ2) is 7.11. The normalized spacial score (nSPS) is 19.9. The molecule has 0 aliphatic carbocycles. The predicted molar refractivity (Wildman–Crippen MR) is 98.6 cm³/mol. The average Bonchev–Trinajstić information content (AvgIpc) is 3.24. The molecule has 1 spiro atoms. The molecule has 0 saturated carbocycles. The maximum Gasteiger partial charge on any atom is 0.202 e. The van der Waals surface area contributed by atoms with Crippen molar-refractivity contribution in [2.45, 2.75) is 25.3 Å². The lowest BCUT2D eigenvalue weighted by atomic mass is 10.0. The van der Waals surface area contributed by atoms with Crippen molar-refractivity contribution in [3.8, 4) is 17.1 Å². The van der Waals surface area contributed by atoms with Crippen LogP contribution in [0.3, 0.4) is 0 Å². The van der Waals surface area contributed by atoms with E-state index in [-0.39, 0.29) is 5.79 Å². The molecule has 2 aliphatic rings. The van der Waals surface area contributed by atoms with Crippen LogP contribution >= 0.6 is 12.2 Å². The number of nitrogens with zero attached hydrogens (tertiary/aromatic N) is 3. The lowest BCUT2D eigenvalue weighted by molar-refractivity contribution is -0.931. The highest BCUT2D eigenvalue weighted by atomic mass is 32.1. The Hall–Kier alpha value is -1.74. The lowest BCUT2D eigenvalue weighted by Gasteiger charge is -2.34. The first kappa shape index (κ1) is 17.7. The fourth-order valence-electron chi connectivity index (χ4n) is 3.74. The summed E-state index contributed by atoms with van der Waals surface area (Å²) in [6.45, 7) is 4.17. The van der Waals surface area contributed by atoms with E-state index in [1.54, 1.807) is 7.11 Å². The topological polar surface area (TPSA) is 54.9 Å². The molecule has 2 aromatic rings. The molecule has 3 heterocycles. The van der Waals surface area contributed by atoms with Crippen molar-refractivity contribution in [1.82, 2.24) is 14.3 Å². The molecular weight excluding hydrogens is 352 g/mol. The predicted octanol–water partition coefficient (Wildman–Crippen LogP) is 1.01. The fraction of sp³-hybridized carbons (Fsp3) is 0.556. The molecule has 140 valence electrons. The summed E-state index contributed by atoms with van der Waals surface area (Å²) >= 11 is 5.61. The van der Waals surface area contributed by atoms with Crippen LogP contribution in [0.2, 0.25) is 0 Å². The number of rotatable bonds is 4. The monoisotopic (exact) mass is 377 g/mol. The molecule has 0 radical (unpaired) electrons. The van der Waals surface area contributed by atoms with Crippen LogP contribution in [0.25, 0.3) is 11.4 Å². The van der Waals surface area contributed by atoms with Gasteiger partial charge in [-0.1, -0.05) is 12.1 Å². The number of benzene rings is 1. The van der Waals surface area contributed by atoms with Crippen molar-refractivity contribution in [2.24, 2.45) is 7.05 Å². The number of piperidine rings is 1. The van der Waals surface area contributed by atoms with Gasteiger partial charge in [-0.05, 0) is 24.4 Å². The SMILES string of the molecule is COc1cccc(-c2nn(C[NH+]3CCC4(CC3)OCCO4)c(=S)n2C)c1. The Bertz CT molecular complexity index is 831. The molecule has 1 N–H and O–H groups in total. The van der Waals surface area contributed by atoms with Gasteiger partial charge in [0, 0.05) is 12.6 Å². The Morgan fingerprint density at radius 3 is 2.69 bits per heavy atom. The minimum Gasteiger partial charge on any atom is -0.497 e. The average molecular weight is 377 g/mol. The van der Waals surface area contributed by atoms with E-state index >= 15 is 0 Å². The number of hydrogen-bond acceptors (Lipinski definition) is 5. The highest BCUT2D eigenvalue weighted by molar-refractivity contribution is 7.71. The molecule has 0 amide bonds. The van der Waals surface area contributed by atoms with Crippen LogP contribution in [-0.2, 0) is 23.2 Å². The fourth-order valence-corrected chi connectivity index (χ4v) is 3.94. The summed E-state index contributed by atoms with van der Waals surface area (Å²) in [5, 5.41) is 4.77. The van der Waals surface area contributed by atoms with Gasteiger partial charge in [-0.25, -0.2) is 0 Å². The van der Waals surface area contributed by atoms with E-state index in [1.807, 2.05) is 40.6 Å². The van der Waals surface area contributed by atoms with E-state index in [9.17, 15) is 0 Å². The maximum atomic E-state index is 5.81. The number of nitrogens with one attached hydrogen (secondary N) is 1. The molecule has 4 rings (SSSR count). The molecule has 0 atom stereocenters. The van der Waals surface area contributed by atoms with Gasteiger partial charge in [0.15, 0.2) is 18.3 Å². The van der Waals surface area contributed by atoms with Crippen LogP contribution in [0.4, 0.5) is 0 Å². The summed E-state index contributed by atoms with van der Waals surface area (Å²) in [5.74, 6) is 1.33. The molecule has 8 heteroatoms. The molecule has 2 aliphatic heterocycles. The van der Waals surface area contributed by atoms with E-state index in [1.165, 1.54) is 4.90 Å². The number of hydrogen-bond donors (Lipinski definition) is 1. The van der Waals surface area contributed by atoms with Gasteiger partial charge in [-0.2, -0.15) is 4.68 Å². The Morgan fingerprint density at radius 2 is 2.00 bits per heavy atom. The molecule has 0 bridgehead atoms. The smallest absolute Gasteiger partial charge is 0.202 e. The third-order valence-corrected chi connectivity index (χ3v) is 5.76. The van der Waals surface area contributed by atoms with Gasteiger partial charge in [-0.3, -0.25) is 0 Å². The summed E-state index contributed by atoms with van der Waals surface area (Å²) in [7, 11) is 3.63. The van der Waals surface area contributed by atoms with Crippen LogP contribution < -0.4 is 9.64 Å². The summed E-state index contributed by atoms with van der Waals surface area (Å²) < 4.78 is 21.6. The zero-order chi connectivity index (χ0) is 18.1. The Morgan fingerprint density at radius 1 is 1.27 bits per heavy atom. The number of ether oxygens (including phenoxy) is 3. The largest absolute Gasteiger partial charge is 0.497 e. The lowest BCUT2D eigenvalue weighted by Crippen LogP contribution is -3.13. The Labute approximate surface area is 158 Å². The minimum absolute atomic E-state index is 0.333. The first-order valence-electron chi connectivity index (χ1n) is 9.00. The molecule has 26 heavy (non-hydrogen) atoms. The Balaban J connectivity index is 1.50. The van der Waals surface area contributed by atoms with E-state index < -0.39 is 0 Å². The molecule has 1 aromatic heterocycles. The zero-order valence-corrected chi connectivity index (χ0v) is 16.1. The van der Waals surface area contributed by atoms with Crippen molar-refractivity contribution in [1.29, 1.82) is 0 Å². The molecule has 2 fully saturated rings. The van der Waals surface area contributed by atoms with Gasteiger partial charge in [0.05, 0.1) is 46.3 Å². The first-order chi connectivity index (χ1) is 12.6. The number of quaternary nitrogens is 1. The van der Waals surface area contributed by atoms with E-state index in [0.717, 1.165) is 54.5 Å². The van der Waals surface area contributed by atoms with Crippen LogP contribution in [-0.4, -0.2) is 53.5 Å². The van der Waals surface area contributed by atoms with Crippen molar-refractivity contribution in [3.05, 3.63) is 29.0 Å². The molecule has 7 nitrogen and oxygen atoms in total. The van der Waals surface area contributed by atoms with Crippen molar-refractivity contribution >= 4 is 12.2 Å². The molecule has 2 saturated heterocycles. The van der Waals surface area contributed by atoms with Crippen LogP contribution in [0.15, 0.2) is 24.3 Å². The van der Waals surface area contributed by atoms with Crippen molar-refractivity contribution in [2.75, 3.05) is 33.4 Å². The summed E-state index contributed by atoms with van der Waals surface area (Å²) in [4.78, 5) is 1.45. The van der Waals surface area contributed by atoms with Gasteiger partial charge in [0.2, 0.25) is 4.77 Å². The third-order valence-electron chi connectivity index (χ3n) is 5.27. The van der Waals surface area contributed by atoms with Gasteiger partial charge in [0.1, 0.15) is 5.75 Å². The third kappa shape index (κ3) is 3.29. The van der Waals surface area contributed by atoms with Gasteiger partial charge >= 0.3 is 0 Å². The maximum absolute atomic E-state index is 5.81. The molecular formula is C18H25N4O3S+. The van der Waals surface area contributed by atoms with Crippen LogP contribution in [0, 0.1) is 4.77 Å². The van der Waals surface area contributed by atoms with Gasteiger partial charge in [0.25, 0.3) is 0 Å². The summed E-state index contributed by atoms with van der Waals surface area (Å²) in [6.07, 6.45) is 1.84. The minimum atomic E-state index is -0.333. The van der Waals surface area contributed by atoms with E-state index in [0.29, 0.717) is 13.2 Å². The highest BCUT2D eigenvalue weighted by Crippen LogP contribution is 2.27. The second-order valence-electron chi connectivity index (χ2n) is 6.91. The highest BCUT2D eigenvalue weighted by Gasteiger charge is 2.41. The van der Waals surface area contributed by atoms with E-state index in [2.05, 4.69) is 0 Å². The molecule has 1 aromatic carbocycles. The van der Waals surface area contributed by atoms with Gasteiger partial charge < -0.3 is 23.7 Å².